The van der Waals surface area contributed by atoms with E-state index in [-0.39, 0.29) is 12.1 Å². The Hall–Kier alpha value is -0.860. The Bertz CT molecular complexity index is 413. The van der Waals surface area contributed by atoms with Crippen LogP contribution < -0.4 is 5.73 Å². The zero-order chi connectivity index (χ0) is 12.5. The topological polar surface area (TPSA) is 35.2 Å². The smallest absolute Gasteiger partial charge is 0.0773 e. The van der Waals surface area contributed by atoms with Crippen molar-refractivity contribution in [1.82, 2.24) is 0 Å². The highest BCUT2D eigenvalue weighted by Gasteiger charge is 2.31. The molecular weight excluding hydrogens is 222 g/mol. The fourth-order valence-corrected chi connectivity index (χ4v) is 3.05. The minimum absolute atomic E-state index is 0.0524. The molecule has 1 aromatic rings. The first-order chi connectivity index (χ1) is 8.75. The molecule has 2 aliphatic carbocycles. The maximum Gasteiger partial charge on any atom is 0.0773 e. The molecule has 98 valence electrons. The first-order valence-corrected chi connectivity index (χ1v) is 7.21. The zero-order valence-electron chi connectivity index (χ0n) is 11.1. The number of ether oxygens (including phenoxy) is 1. The van der Waals surface area contributed by atoms with Crippen molar-refractivity contribution >= 4 is 0 Å². The van der Waals surface area contributed by atoms with E-state index in [0.717, 1.165) is 18.9 Å². The second-order valence-corrected chi connectivity index (χ2v) is 5.93. The summed E-state index contributed by atoms with van der Waals surface area (Å²) in [6.07, 6.45) is 5.29. The molecule has 2 N–H and O–H groups in total. The lowest BCUT2D eigenvalue weighted by Gasteiger charge is -2.34. The third-order valence-electron chi connectivity index (χ3n) is 4.43. The molecule has 0 bridgehead atoms. The van der Waals surface area contributed by atoms with Gasteiger partial charge in [-0.1, -0.05) is 44.0 Å². The Morgan fingerprint density at radius 3 is 2.67 bits per heavy atom. The normalized spacial score (nSPS) is 31.1. The van der Waals surface area contributed by atoms with Crippen LogP contribution in [0, 0.1) is 5.92 Å². The van der Waals surface area contributed by atoms with Crippen LogP contribution in [0.1, 0.15) is 55.7 Å². The van der Waals surface area contributed by atoms with Gasteiger partial charge in [-0.15, -0.1) is 0 Å². The fraction of sp³-hybridized carbons (Fsp3) is 0.625. The average molecular weight is 245 g/mol. The van der Waals surface area contributed by atoms with Crippen LogP contribution in [0.2, 0.25) is 0 Å². The fourth-order valence-electron chi connectivity index (χ4n) is 3.05. The van der Waals surface area contributed by atoms with E-state index in [9.17, 15) is 0 Å². The Morgan fingerprint density at radius 1 is 1.22 bits per heavy atom. The quantitative estimate of drug-likeness (QED) is 0.882. The van der Waals surface area contributed by atoms with Gasteiger partial charge in [0, 0.05) is 6.61 Å². The molecule has 0 radical (unpaired) electrons. The minimum Gasteiger partial charge on any atom is -0.376 e. The summed E-state index contributed by atoms with van der Waals surface area (Å²) in [5.74, 6) is 1.50. The highest BCUT2D eigenvalue weighted by molar-refractivity contribution is 5.35. The standard InChI is InChI=1S/C16H23NO/c1-11-10-15(18-9-8-12-6-7-12)16(17)14-5-3-2-4-13(11)14/h2-5,11-12,15-16H,6-10,17H2,1H3. The second kappa shape index (κ2) is 5.02. The van der Waals surface area contributed by atoms with Crippen LogP contribution in [0.15, 0.2) is 24.3 Å². The highest BCUT2D eigenvalue weighted by atomic mass is 16.5. The number of benzene rings is 1. The Balaban J connectivity index is 1.66. The summed E-state index contributed by atoms with van der Waals surface area (Å²) in [5, 5.41) is 0. The first kappa shape index (κ1) is 12.2. The van der Waals surface area contributed by atoms with Gasteiger partial charge in [0.2, 0.25) is 0 Å². The van der Waals surface area contributed by atoms with Crippen molar-refractivity contribution in [2.45, 2.75) is 50.7 Å². The van der Waals surface area contributed by atoms with E-state index in [1.54, 1.807) is 0 Å². The average Bonchev–Trinajstić information content (AvgIpc) is 3.19. The van der Waals surface area contributed by atoms with E-state index in [2.05, 4.69) is 31.2 Å². The van der Waals surface area contributed by atoms with Gasteiger partial charge in [-0.3, -0.25) is 0 Å². The number of rotatable bonds is 4. The van der Waals surface area contributed by atoms with Crippen molar-refractivity contribution in [3.05, 3.63) is 35.4 Å². The summed E-state index contributed by atoms with van der Waals surface area (Å²) in [5.41, 5.74) is 9.05. The van der Waals surface area contributed by atoms with Gasteiger partial charge in [-0.2, -0.15) is 0 Å². The Morgan fingerprint density at radius 2 is 1.94 bits per heavy atom. The Kier molecular flexibility index (Phi) is 3.40. The Labute approximate surface area is 110 Å². The molecule has 0 heterocycles. The maximum atomic E-state index is 6.36. The summed E-state index contributed by atoms with van der Waals surface area (Å²) >= 11 is 0. The molecule has 1 aromatic carbocycles. The maximum absolute atomic E-state index is 6.36. The molecule has 1 fully saturated rings. The van der Waals surface area contributed by atoms with E-state index in [1.807, 2.05) is 0 Å². The van der Waals surface area contributed by atoms with E-state index in [1.165, 1.54) is 30.4 Å². The van der Waals surface area contributed by atoms with Crippen molar-refractivity contribution in [2.75, 3.05) is 6.61 Å². The van der Waals surface area contributed by atoms with E-state index < -0.39 is 0 Å². The molecule has 3 atom stereocenters. The predicted octanol–water partition coefficient (Wildman–Crippen LogP) is 3.38. The van der Waals surface area contributed by atoms with Crippen LogP contribution in [-0.2, 0) is 4.74 Å². The lowest BCUT2D eigenvalue weighted by atomic mass is 9.79. The number of fused-ring (bicyclic) bond motifs is 1. The van der Waals surface area contributed by atoms with Gasteiger partial charge in [-0.05, 0) is 35.8 Å². The number of nitrogens with two attached hydrogens (primary N) is 1. The van der Waals surface area contributed by atoms with Crippen molar-refractivity contribution < 1.29 is 4.74 Å². The molecule has 2 heteroatoms. The van der Waals surface area contributed by atoms with Crippen molar-refractivity contribution in [3.8, 4) is 0 Å². The van der Waals surface area contributed by atoms with Gasteiger partial charge in [0.25, 0.3) is 0 Å². The SMILES string of the molecule is CC1CC(OCCC2CC2)C(N)c2ccccc21. The molecule has 1 saturated carbocycles. The van der Waals surface area contributed by atoms with E-state index in [0.29, 0.717) is 5.92 Å². The largest absolute Gasteiger partial charge is 0.376 e. The van der Waals surface area contributed by atoms with Crippen molar-refractivity contribution in [2.24, 2.45) is 11.7 Å². The summed E-state index contributed by atoms with van der Waals surface area (Å²) in [4.78, 5) is 0. The molecule has 0 aliphatic heterocycles. The molecule has 3 unspecified atom stereocenters. The molecule has 2 nitrogen and oxygen atoms in total. The summed E-state index contributed by atoms with van der Waals surface area (Å²) in [7, 11) is 0. The van der Waals surface area contributed by atoms with Crippen LogP contribution >= 0.6 is 0 Å². The van der Waals surface area contributed by atoms with Crippen LogP contribution in [0.3, 0.4) is 0 Å². The van der Waals surface area contributed by atoms with E-state index in [4.69, 9.17) is 10.5 Å². The molecular formula is C16H23NO. The van der Waals surface area contributed by atoms with Gasteiger partial charge >= 0.3 is 0 Å². The molecule has 0 saturated heterocycles. The molecule has 18 heavy (non-hydrogen) atoms. The molecule has 0 aromatic heterocycles. The number of hydrogen-bond donors (Lipinski definition) is 1. The summed E-state index contributed by atoms with van der Waals surface area (Å²) in [6, 6.07) is 8.61. The predicted molar refractivity (Wildman–Crippen MR) is 73.5 cm³/mol. The van der Waals surface area contributed by atoms with Crippen molar-refractivity contribution in [1.29, 1.82) is 0 Å². The van der Waals surface area contributed by atoms with Gasteiger partial charge in [-0.25, -0.2) is 0 Å². The molecule has 2 aliphatic rings. The summed E-state index contributed by atoms with van der Waals surface area (Å²) < 4.78 is 6.05. The monoisotopic (exact) mass is 245 g/mol. The molecule has 3 rings (SSSR count). The third kappa shape index (κ3) is 2.45. The van der Waals surface area contributed by atoms with Crippen LogP contribution in [-0.4, -0.2) is 12.7 Å². The second-order valence-electron chi connectivity index (χ2n) is 5.93. The van der Waals surface area contributed by atoms with Gasteiger partial charge in [0.1, 0.15) is 0 Å². The first-order valence-electron chi connectivity index (χ1n) is 7.21. The van der Waals surface area contributed by atoms with Crippen LogP contribution in [0.5, 0.6) is 0 Å². The lowest BCUT2D eigenvalue weighted by molar-refractivity contribution is 0.0172. The van der Waals surface area contributed by atoms with Gasteiger partial charge in [0.15, 0.2) is 0 Å². The molecule has 0 spiro atoms. The summed E-state index contributed by atoms with van der Waals surface area (Å²) in [6.45, 7) is 3.17. The molecule has 0 amide bonds. The zero-order valence-corrected chi connectivity index (χ0v) is 11.1. The van der Waals surface area contributed by atoms with Gasteiger partial charge in [0.05, 0.1) is 12.1 Å². The minimum atomic E-state index is 0.0524. The highest BCUT2D eigenvalue weighted by Crippen LogP contribution is 2.38. The number of hydrogen-bond acceptors (Lipinski definition) is 2. The van der Waals surface area contributed by atoms with E-state index >= 15 is 0 Å². The van der Waals surface area contributed by atoms with Crippen LogP contribution in [0.4, 0.5) is 0 Å². The lowest BCUT2D eigenvalue weighted by Crippen LogP contribution is -2.35. The third-order valence-corrected chi connectivity index (χ3v) is 4.43. The van der Waals surface area contributed by atoms with Crippen LogP contribution in [0.25, 0.3) is 0 Å². The van der Waals surface area contributed by atoms with Gasteiger partial charge < -0.3 is 10.5 Å². The van der Waals surface area contributed by atoms with Crippen molar-refractivity contribution in [3.63, 3.8) is 0 Å².